The maximum atomic E-state index is 13.0. The minimum Gasteiger partial charge on any atom is -0.347 e. The summed E-state index contributed by atoms with van der Waals surface area (Å²) in [5.74, 6) is -0.515. The van der Waals surface area contributed by atoms with Crippen LogP contribution in [0.3, 0.4) is 0 Å². The summed E-state index contributed by atoms with van der Waals surface area (Å²) in [6, 6.07) is 5.27. The van der Waals surface area contributed by atoms with Gasteiger partial charge in [-0.15, -0.1) is 0 Å². The number of hydrogen-bond donors (Lipinski definition) is 1. The lowest BCUT2D eigenvalue weighted by atomic mass is 10.2. The highest BCUT2D eigenvalue weighted by Gasteiger charge is 2.03. The maximum absolute atomic E-state index is 13.0. The molecule has 1 aromatic heterocycles. The Morgan fingerprint density at radius 2 is 1.80 bits per heavy atom. The molecule has 106 valence electrons. The van der Waals surface area contributed by atoms with Gasteiger partial charge in [-0.1, -0.05) is 0 Å². The van der Waals surface area contributed by atoms with Crippen molar-refractivity contribution in [1.29, 1.82) is 0 Å². The molecule has 1 heterocycles. The predicted octanol–water partition coefficient (Wildman–Crippen LogP) is 2.11. The first-order chi connectivity index (χ1) is 9.54. The average Bonchev–Trinajstić information content (AvgIpc) is 2.38. The molecule has 0 atom stereocenters. The standard InChI is InChI=1S/C14H16F2N4/c1-20(2)14-18-4-3-13(19-14)9-17-8-10-5-11(15)7-12(16)6-10/h3-7,17H,8-9H2,1-2H3. The SMILES string of the molecule is CN(C)c1nccc(CNCc2cc(F)cc(F)c2)n1. The van der Waals surface area contributed by atoms with Crippen molar-refractivity contribution in [2.24, 2.45) is 0 Å². The molecule has 2 rings (SSSR count). The molecule has 20 heavy (non-hydrogen) atoms. The van der Waals surface area contributed by atoms with Gasteiger partial charge in [0.05, 0.1) is 5.69 Å². The number of anilines is 1. The molecule has 4 nitrogen and oxygen atoms in total. The van der Waals surface area contributed by atoms with E-state index in [9.17, 15) is 8.78 Å². The topological polar surface area (TPSA) is 41.1 Å². The van der Waals surface area contributed by atoms with Crippen LogP contribution in [0.1, 0.15) is 11.3 Å². The van der Waals surface area contributed by atoms with Crippen LogP contribution >= 0.6 is 0 Å². The summed E-state index contributed by atoms with van der Waals surface area (Å²) in [5, 5.41) is 3.10. The second-order valence-electron chi connectivity index (χ2n) is 4.62. The Balaban J connectivity index is 1.94. The molecular formula is C14H16F2N4. The second-order valence-corrected chi connectivity index (χ2v) is 4.62. The number of nitrogens with zero attached hydrogens (tertiary/aromatic N) is 3. The van der Waals surface area contributed by atoms with Gasteiger partial charge in [0.25, 0.3) is 0 Å². The van der Waals surface area contributed by atoms with E-state index in [4.69, 9.17) is 0 Å². The molecule has 1 aromatic carbocycles. The van der Waals surface area contributed by atoms with Crippen LogP contribution in [0, 0.1) is 11.6 Å². The zero-order chi connectivity index (χ0) is 14.5. The molecule has 0 aliphatic carbocycles. The first kappa shape index (κ1) is 14.3. The molecule has 0 saturated heterocycles. The van der Waals surface area contributed by atoms with Gasteiger partial charge in [-0.2, -0.15) is 0 Å². The van der Waals surface area contributed by atoms with Gasteiger partial charge < -0.3 is 10.2 Å². The lowest BCUT2D eigenvalue weighted by molar-refractivity contribution is 0.574. The van der Waals surface area contributed by atoms with E-state index in [0.717, 1.165) is 11.8 Å². The van der Waals surface area contributed by atoms with Crippen LogP contribution in [0.2, 0.25) is 0 Å². The highest BCUT2D eigenvalue weighted by molar-refractivity contribution is 5.27. The summed E-state index contributed by atoms with van der Waals surface area (Å²) < 4.78 is 26.1. The molecule has 0 saturated carbocycles. The molecular weight excluding hydrogens is 262 g/mol. The number of nitrogens with one attached hydrogen (secondary N) is 1. The summed E-state index contributed by atoms with van der Waals surface area (Å²) in [5.41, 5.74) is 1.38. The van der Waals surface area contributed by atoms with Crippen molar-refractivity contribution in [3.8, 4) is 0 Å². The third-order valence-electron chi connectivity index (χ3n) is 2.66. The van der Waals surface area contributed by atoms with E-state index in [2.05, 4.69) is 15.3 Å². The minimum atomic E-state index is -0.571. The first-order valence-electron chi connectivity index (χ1n) is 6.19. The third kappa shape index (κ3) is 3.96. The van der Waals surface area contributed by atoms with E-state index in [0.29, 0.717) is 24.6 Å². The lowest BCUT2D eigenvalue weighted by Crippen LogP contribution is -2.17. The van der Waals surface area contributed by atoms with Crippen LogP contribution in [0.4, 0.5) is 14.7 Å². The molecule has 0 fully saturated rings. The number of hydrogen-bond acceptors (Lipinski definition) is 4. The van der Waals surface area contributed by atoms with E-state index in [-0.39, 0.29) is 0 Å². The smallest absolute Gasteiger partial charge is 0.225 e. The molecule has 0 aliphatic heterocycles. The van der Waals surface area contributed by atoms with Crippen LogP contribution in [0.5, 0.6) is 0 Å². The van der Waals surface area contributed by atoms with Gasteiger partial charge in [-0.25, -0.2) is 18.7 Å². The van der Waals surface area contributed by atoms with Crippen molar-refractivity contribution in [1.82, 2.24) is 15.3 Å². The molecule has 0 spiro atoms. The quantitative estimate of drug-likeness (QED) is 0.909. The van der Waals surface area contributed by atoms with Gasteiger partial charge in [0, 0.05) is 39.4 Å². The molecule has 2 aromatic rings. The fourth-order valence-electron chi connectivity index (χ4n) is 1.75. The van der Waals surface area contributed by atoms with Crippen LogP contribution < -0.4 is 10.2 Å². The van der Waals surface area contributed by atoms with E-state index >= 15 is 0 Å². The van der Waals surface area contributed by atoms with Crippen LogP contribution in [-0.2, 0) is 13.1 Å². The van der Waals surface area contributed by atoms with E-state index < -0.39 is 11.6 Å². The van der Waals surface area contributed by atoms with Crippen molar-refractivity contribution in [3.63, 3.8) is 0 Å². The highest BCUT2D eigenvalue weighted by atomic mass is 19.1. The summed E-state index contributed by atoms with van der Waals surface area (Å²) >= 11 is 0. The normalized spacial score (nSPS) is 10.6. The minimum absolute atomic E-state index is 0.371. The van der Waals surface area contributed by atoms with Crippen LogP contribution in [0.15, 0.2) is 30.5 Å². The number of benzene rings is 1. The molecule has 0 amide bonds. The van der Waals surface area contributed by atoms with Gasteiger partial charge in [0.1, 0.15) is 11.6 Å². The summed E-state index contributed by atoms with van der Waals surface area (Å²) in [7, 11) is 3.73. The maximum Gasteiger partial charge on any atom is 0.225 e. The van der Waals surface area contributed by atoms with E-state index in [1.54, 1.807) is 12.3 Å². The molecule has 0 unspecified atom stereocenters. The average molecular weight is 278 g/mol. The number of aromatic nitrogens is 2. The Bertz CT molecular complexity index is 567. The largest absolute Gasteiger partial charge is 0.347 e. The van der Waals surface area contributed by atoms with Gasteiger partial charge >= 0.3 is 0 Å². The van der Waals surface area contributed by atoms with Gasteiger partial charge in [0.15, 0.2) is 0 Å². The number of halogens is 2. The van der Waals surface area contributed by atoms with E-state index in [1.807, 2.05) is 19.0 Å². The van der Waals surface area contributed by atoms with Crippen molar-refractivity contribution in [3.05, 3.63) is 53.4 Å². The fraction of sp³-hybridized carbons (Fsp3) is 0.286. The predicted molar refractivity (Wildman–Crippen MR) is 73.3 cm³/mol. The van der Waals surface area contributed by atoms with Crippen LogP contribution in [-0.4, -0.2) is 24.1 Å². The van der Waals surface area contributed by atoms with Crippen molar-refractivity contribution in [2.45, 2.75) is 13.1 Å². The fourth-order valence-corrected chi connectivity index (χ4v) is 1.75. The molecule has 0 radical (unpaired) electrons. The van der Waals surface area contributed by atoms with Crippen molar-refractivity contribution >= 4 is 5.95 Å². The van der Waals surface area contributed by atoms with Crippen molar-refractivity contribution < 1.29 is 8.78 Å². The molecule has 0 aliphatic rings. The Morgan fingerprint density at radius 3 is 2.45 bits per heavy atom. The zero-order valence-corrected chi connectivity index (χ0v) is 11.4. The Kier molecular flexibility index (Phi) is 4.57. The summed E-state index contributed by atoms with van der Waals surface area (Å²) in [6.07, 6.45) is 1.68. The Morgan fingerprint density at radius 1 is 1.10 bits per heavy atom. The molecule has 6 heteroatoms. The second kappa shape index (κ2) is 6.38. The molecule has 0 bridgehead atoms. The third-order valence-corrected chi connectivity index (χ3v) is 2.66. The first-order valence-corrected chi connectivity index (χ1v) is 6.19. The Hall–Kier alpha value is -2.08. The zero-order valence-electron chi connectivity index (χ0n) is 11.4. The Labute approximate surface area is 116 Å². The molecule has 1 N–H and O–H groups in total. The summed E-state index contributed by atoms with van der Waals surface area (Å²) in [6.45, 7) is 0.872. The lowest BCUT2D eigenvalue weighted by Gasteiger charge is -2.11. The van der Waals surface area contributed by atoms with Gasteiger partial charge in [0.2, 0.25) is 5.95 Å². The highest BCUT2D eigenvalue weighted by Crippen LogP contribution is 2.08. The van der Waals surface area contributed by atoms with Gasteiger partial charge in [-0.3, -0.25) is 0 Å². The van der Waals surface area contributed by atoms with Gasteiger partial charge in [-0.05, 0) is 23.8 Å². The summed E-state index contributed by atoms with van der Waals surface area (Å²) in [4.78, 5) is 10.3. The van der Waals surface area contributed by atoms with Crippen LogP contribution in [0.25, 0.3) is 0 Å². The van der Waals surface area contributed by atoms with Crippen molar-refractivity contribution in [2.75, 3.05) is 19.0 Å². The van der Waals surface area contributed by atoms with E-state index in [1.165, 1.54) is 12.1 Å². The number of rotatable bonds is 5. The monoisotopic (exact) mass is 278 g/mol.